The van der Waals surface area contributed by atoms with E-state index in [0.29, 0.717) is 5.82 Å². The van der Waals surface area contributed by atoms with E-state index < -0.39 is 0 Å². The molecule has 1 aliphatic carbocycles. The molecule has 0 aliphatic heterocycles. The fourth-order valence-corrected chi connectivity index (χ4v) is 8.24. The summed E-state index contributed by atoms with van der Waals surface area (Å²) in [4.78, 5) is 10.2. The van der Waals surface area contributed by atoms with Gasteiger partial charge >= 0.3 is 0 Å². The van der Waals surface area contributed by atoms with Crippen molar-refractivity contribution in [1.82, 2.24) is 9.97 Å². The SMILES string of the molecule is CC1(C)c2cc(-c3ccc(-c4cccc(-c5cc(-c6ccc(-c7ccccc7)cc6)nc(-c6ccccc6)n5)c4)cc3)ccc2-c2cc3ccccc3cc21. The maximum Gasteiger partial charge on any atom is 0.160 e. The summed E-state index contributed by atoms with van der Waals surface area (Å²) in [6, 6.07) is 69.6. The molecule has 0 saturated heterocycles. The summed E-state index contributed by atoms with van der Waals surface area (Å²) in [5.74, 6) is 0.712. The highest BCUT2D eigenvalue weighted by atomic mass is 14.9. The van der Waals surface area contributed by atoms with Gasteiger partial charge in [0.15, 0.2) is 5.82 Å². The van der Waals surface area contributed by atoms with Crippen LogP contribution in [0.5, 0.6) is 0 Å². The molecular formula is C53H38N2. The van der Waals surface area contributed by atoms with E-state index in [9.17, 15) is 0 Å². The molecular weight excluding hydrogens is 665 g/mol. The van der Waals surface area contributed by atoms with Crippen LogP contribution in [-0.2, 0) is 5.41 Å². The third-order valence-electron chi connectivity index (χ3n) is 11.3. The van der Waals surface area contributed by atoms with Gasteiger partial charge in [0.2, 0.25) is 0 Å². The molecule has 8 aromatic carbocycles. The summed E-state index contributed by atoms with van der Waals surface area (Å²) >= 11 is 0. The normalized spacial score (nSPS) is 12.7. The van der Waals surface area contributed by atoms with Crippen molar-refractivity contribution in [3.8, 4) is 78.4 Å². The molecule has 2 nitrogen and oxygen atoms in total. The van der Waals surface area contributed by atoms with Gasteiger partial charge in [-0.15, -0.1) is 0 Å². The van der Waals surface area contributed by atoms with E-state index in [-0.39, 0.29) is 5.41 Å². The summed E-state index contributed by atoms with van der Waals surface area (Å²) in [6.45, 7) is 4.72. The Bertz CT molecular complexity index is 2850. The zero-order valence-electron chi connectivity index (χ0n) is 30.9. The van der Waals surface area contributed by atoms with Gasteiger partial charge in [0, 0.05) is 22.1 Å². The molecule has 0 saturated carbocycles. The lowest BCUT2D eigenvalue weighted by atomic mass is 9.81. The van der Waals surface area contributed by atoms with Gasteiger partial charge in [0.1, 0.15) is 0 Å². The van der Waals surface area contributed by atoms with Crippen LogP contribution < -0.4 is 0 Å². The van der Waals surface area contributed by atoms with Crippen LogP contribution in [0.25, 0.3) is 89.2 Å². The van der Waals surface area contributed by atoms with Crippen molar-refractivity contribution in [2.24, 2.45) is 0 Å². The Balaban J connectivity index is 0.971. The molecule has 55 heavy (non-hydrogen) atoms. The first-order chi connectivity index (χ1) is 27.0. The lowest BCUT2D eigenvalue weighted by molar-refractivity contribution is 0.661. The van der Waals surface area contributed by atoms with Crippen LogP contribution in [0, 0.1) is 0 Å². The molecule has 0 radical (unpaired) electrons. The Kier molecular flexibility index (Phi) is 7.85. The van der Waals surface area contributed by atoms with Crippen molar-refractivity contribution in [2.75, 3.05) is 0 Å². The standard InChI is InChI=1S/C53H38N2/c1-53(2)48-33-44(28-29-46(48)47-31-42-16-9-10-17-43(42)32-49(47)53)38-22-20-37(21-23-38)41-18-11-19-45(30-41)51-34-50(54-52(55-51)40-14-7-4-8-15-40)39-26-24-36(25-27-39)35-12-5-3-6-13-35/h3-34H,1-2H3. The van der Waals surface area contributed by atoms with E-state index in [0.717, 1.165) is 33.6 Å². The van der Waals surface area contributed by atoms with Crippen LogP contribution in [0.3, 0.4) is 0 Å². The number of hydrogen-bond donors (Lipinski definition) is 0. The number of nitrogens with zero attached hydrogens (tertiary/aromatic N) is 2. The fraction of sp³-hybridized carbons (Fsp3) is 0.0566. The predicted molar refractivity (Wildman–Crippen MR) is 230 cm³/mol. The zero-order valence-corrected chi connectivity index (χ0v) is 30.9. The van der Waals surface area contributed by atoms with Crippen molar-refractivity contribution in [3.05, 3.63) is 205 Å². The number of benzene rings is 8. The minimum atomic E-state index is -0.0715. The number of aromatic nitrogens is 2. The second-order valence-corrected chi connectivity index (χ2v) is 15.1. The van der Waals surface area contributed by atoms with Crippen molar-refractivity contribution >= 4 is 10.8 Å². The predicted octanol–water partition coefficient (Wildman–Crippen LogP) is 13.9. The van der Waals surface area contributed by atoms with Crippen LogP contribution >= 0.6 is 0 Å². The number of rotatable bonds is 6. The van der Waals surface area contributed by atoms with Crippen LogP contribution in [0.1, 0.15) is 25.0 Å². The monoisotopic (exact) mass is 702 g/mol. The maximum atomic E-state index is 5.11. The van der Waals surface area contributed by atoms with E-state index in [1.807, 2.05) is 24.3 Å². The Morgan fingerprint density at radius 3 is 1.44 bits per heavy atom. The summed E-state index contributed by atoms with van der Waals surface area (Å²) < 4.78 is 0. The third-order valence-corrected chi connectivity index (χ3v) is 11.3. The number of fused-ring (bicyclic) bond motifs is 4. The van der Waals surface area contributed by atoms with Gasteiger partial charge in [-0.2, -0.15) is 0 Å². The second kappa shape index (κ2) is 13.2. The highest BCUT2D eigenvalue weighted by Crippen LogP contribution is 2.51. The van der Waals surface area contributed by atoms with Gasteiger partial charge in [-0.3, -0.25) is 0 Å². The van der Waals surface area contributed by atoms with Crippen molar-refractivity contribution < 1.29 is 0 Å². The van der Waals surface area contributed by atoms with Crippen LogP contribution in [0.2, 0.25) is 0 Å². The summed E-state index contributed by atoms with van der Waals surface area (Å²) in [7, 11) is 0. The molecule has 0 unspecified atom stereocenters. The Morgan fingerprint density at radius 1 is 0.309 bits per heavy atom. The van der Waals surface area contributed by atoms with Crippen molar-refractivity contribution in [1.29, 1.82) is 0 Å². The molecule has 1 aliphatic rings. The van der Waals surface area contributed by atoms with Gasteiger partial charge in [0.25, 0.3) is 0 Å². The van der Waals surface area contributed by atoms with Gasteiger partial charge in [-0.05, 0) is 96.7 Å². The highest BCUT2D eigenvalue weighted by molar-refractivity contribution is 5.94. The van der Waals surface area contributed by atoms with Crippen LogP contribution in [-0.4, -0.2) is 9.97 Å². The average Bonchev–Trinajstić information content (AvgIpc) is 3.47. The molecule has 1 aromatic heterocycles. The second-order valence-electron chi connectivity index (χ2n) is 15.1. The molecule has 0 N–H and O–H groups in total. The molecule has 1 heterocycles. The van der Waals surface area contributed by atoms with E-state index in [4.69, 9.17) is 9.97 Å². The first-order valence-electron chi connectivity index (χ1n) is 19.0. The molecule has 0 atom stereocenters. The highest BCUT2D eigenvalue weighted by Gasteiger charge is 2.35. The minimum Gasteiger partial charge on any atom is -0.228 e. The third kappa shape index (κ3) is 5.93. The van der Waals surface area contributed by atoms with Gasteiger partial charge in [0.05, 0.1) is 11.4 Å². The van der Waals surface area contributed by atoms with E-state index in [2.05, 4.69) is 184 Å². The zero-order chi connectivity index (χ0) is 36.9. The van der Waals surface area contributed by atoms with E-state index in [1.165, 1.54) is 60.8 Å². The van der Waals surface area contributed by atoms with E-state index >= 15 is 0 Å². The Hall–Kier alpha value is -6.90. The molecule has 0 fully saturated rings. The fourth-order valence-electron chi connectivity index (χ4n) is 8.24. The van der Waals surface area contributed by atoms with E-state index in [1.54, 1.807) is 0 Å². The summed E-state index contributed by atoms with van der Waals surface area (Å²) in [5, 5.41) is 2.59. The summed E-state index contributed by atoms with van der Waals surface area (Å²) in [5.41, 5.74) is 17.5. The topological polar surface area (TPSA) is 25.8 Å². The van der Waals surface area contributed by atoms with Gasteiger partial charge in [-0.1, -0.05) is 178 Å². The molecule has 0 bridgehead atoms. The minimum absolute atomic E-state index is 0.0715. The average molecular weight is 703 g/mol. The Morgan fingerprint density at radius 2 is 0.764 bits per heavy atom. The lowest BCUT2D eigenvalue weighted by Gasteiger charge is -2.22. The van der Waals surface area contributed by atoms with Crippen molar-refractivity contribution in [2.45, 2.75) is 19.3 Å². The molecule has 9 aromatic rings. The molecule has 10 rings (SSSR count). The molecule has 260 valence electrons. The van der Waals surface area contributed by atoms with Gasteiger partial charge in [-0.25, -0.2) is 9.97 Å². The molecule has 0 amide bonds. The quantitative estimate of drug-likeness (QED) is 0.172. The van der Waals surface area contributed by atoms with Crippen LogP contribution in [0.15, 0.2) is 194 Å². The molecule has 2 heteroatoms. The van der Waals surface area contributed by atoms with Gasteiger partial charge < -0.3 is 0 Å². The number of hydrogen-bond acceptors (Lipinski definition) is 2. The Labute approximate surface area is 322 Å². The molecule has 0 spiro atoms. The first kappa shape index (κ1) is 32.7. The maximum absolute atomic E-state index is 5.11. The summed E-state index contributed by atoms with van der Waals surface area (Å²) in [6.07, 6.45) is 0. The lowest BCUT2D eigenvalue weighted by Crippen LogP contribution is -2.15. The first-order valence-corrected chi connectivity index (χ1v) is 19.0. The van der Waals surface area contributed by atoms with Crippen LogP contribution in [0.4, 0.5) is 0 Å². The largest absolute Gasteiger partial charge is 0.228 e. The van der Waals surface area contributed by atoms with Crippen molar-refractivity contribution in [3.63, 3.8) is 0 Å². The smallest absolute Gasteiger partial charge is 0.160 e.